The van der Waals surface area contributed by atoms with Gasteiger partial charge in [0, 0.05) is 12.5 Å². The number of ether oxygens (including phenoxy) is 1. The molecule has 2 aromatic carbocycles. The Kier molecular flexibility index (Phi) is 6.69. The largest absolute Gasteiger partial charge is 0.367 e. The molecule has 3 rings (SSSR count). The van der Waals surface area contributed by atoms with E-state index in [1.54, 1.807) is 31.2 Å². The van der Waals surface area contributed by atoms with Crippen LogP contribution in [-0.4, -0.2) is 36.9 Å². The van der Waals surface area contributed by atoms with E-state index in [4.69, 9.17) is 4.74 Å². The van der Waals surface area contributed by atoms with Gasteiger partial charge in [0.05, 0.1) is 6.61 Å². The Morgan fingerprint density at radius 1 is 1.00 bits per heavy atom. The van der Waals surface area contributed by atoms with Gasteiger partial charge in [-0.05, 0) is 68.2 Å². The molecule has 144 valence electrons. The Morgan fingerprint density at radius 2 is 1.48 bits per heavy atom. The molecule has 27 heavy (non-hydrogen) atoms. The lowest BCUT2D eigenvalue weighted by Crippen LogP contribution is -2.37. The molecule has 5 heteroatoms. The van der Waals surface area contributed by atoms with E-state index in [0.29, 0.717) is 6.61 Å². The second kappa shape index (κ2) is 9.20. The van der Waals surface area contributed by atoms with Crippen molar-refractivity contribution >= 4 is 5.78 Å². The topological polar surface area (TPSA) is 29.5 Å². The third-order valence-electron chi connectivity index (χ3n) is 5.20. The number of likely N-dealkylation sites (tertiary alicyclic amines) is 1. The van der Waals surface area contributed by atoms with Gasteiger partial charge in [0.2, 0.25) is 0 Å². The summed E-state index contributed by atoms with van der Waals surface area (Å²) < 4.78 is 32.7. The fraction of sp³-hybridized carbons (Fsp3) is 0.409. The van der Waals surface area contributed by atoms with Crippen LogP contribution in [0, 0.1) is 17.6 Å². The van der Waals surface area contributed by atoms with Crippen LogP contribution in [0.4, 0.5) is 8.78 Å². The van der Waals surface area contributed by atoms with Crippen LogP contribution in [-0.2, 0) is 9.53 Å². The number of carbonyl (C=O) groups excluding carboxylic acids is 1. The Hall–Kier alpha value is -2.11. The molecule has 0 unspecified atom stereocenters. The number of hydrogen-bond acceptors (Lipinski definition) is 3. The Labute approximate surface area is 158 Å². The van der Waals surface area contributed by atoms with Gasteiger partial charge in [-0.1, -0.05) is 24.3 Å². The van der Waals surface area contributed by atoms with Crippen molar-refractivity contribution < 1.29 is 18.3 Å². The molecule has 1 fully saturated rings. The number of benzene rings is 2. The van der Waals surface area contributed by atoms with Gasteiger partial charge in [0.25, 0.3) is 0 Å². The van der Waals surface area contributed by atoms with Crippen LogP contribution < -0.4 is 0 Å². The molecule has 1 saturated heterocycles. The maximum atomic E-state index is 13.3. The molecule has 1 aliphatic heterocycles. The van der Waals surface area contributed by atoms with Crippen LogP contribution in [0.2, 0.25) is 0 Å². The SMILES string of the molecule is CC(=O)C1CCN(CCOC(c2ccc(F)cc2)c2ccc(F)cc2)CC1. The average molecular weight is 373 g/mol. The van der Waals surface area contributed by atoms with Gasteiger partial charge in [-0.15, -0.1) is 0 Å². The zero-order valence-corrected chi connectivity index (χ0v) is 15.5. The highest BCUT2D eigenvalue weighted by atomic mass is 19.1. The van der Waals surface area contributed by atoms with Crippen molar-refractivity contribution in [3.63, 3.8) is 0 Å². The van der Waals surface area contributed by atoms with E-state index in [9.17, 15) is 13.6 Å². The van der Waals surface area contributed by atoms with Crippen molar-refractivity contribution in [2.45, 2.75) is 25.9 Å². The standard InChI is InChI=1S/C22H25F2NO2/c1-16(26)17-10-12-25(13-11-17)14-15-27-22(18-2-6-20(23)7-3-18)19-4-8-21(24)9-5-19/h2-9,17,22H,10-15H2,1H3. The predicted molar refractivity (Wildman–Crippen MR) is 100 cm³/mol. The first kappa shape index (κ1) is 19.6. The first-order chi connectivity index (χ1) is 13.0. The lowest BCUT2D eigenvalue weighted by atomic mass is 9.93. The number of ketones is 1. The summed E-state index contributed by atoms with van der Waals surface area (Å²) in [6, 6.07) is 12.4. The van der Waals surface area contributed by atoms with Crippen LogP contribution in [0.15, 0.2) is 48.5 Å². The zero-order chi connectivity index (χ0) is 19.2. The van der Waals surface area contributed by atoms with Crippen LogP contribution in [0.25, 0.3) is 0 Å². The average Bonchev–Trinajstić information content (AvgIpc) is 2.67. The molecular formula is C22H25F2NO2. The molecular weight excluding hydrogens is 348 g/mol. The Balaban J connectivity index is 1.61. The molecule has 0 bridgehead atoms. The number of nitrogens with zero attached hydrogens (tertiary/aromatic N) is 1. The van der Waals surface area contributed by atoms with Gasteiger partial charge >= 0.3 is 0 Å². The van der Waals surface area contributed by atoms with Gasteiger partial charge in [-0.3, -0.25) is 4.79 Å². The normalized spacial score (nSPS) is 16.0. The van der Waals surface area contributed by atoms with Gasteiger partial charge in [0.1, 0.15) is 23.5 Å². The predicted octanol–water partition coefficient (Wildman–Crippen LogP) is 4.37. The lowest BCUT2D eigenvalue weighted by Gasteiger charge is -2.31. The van der Waals surface area contributed by atoms with Gasteiger partial charge in [-0.25, -0.2) is 8.78 Å². The fourth-order valence-electron chi connectivity index (χ4n) is 3.52. The van der Waals surface area contributed by atoms with E-state index >= 15 is 0 Å². The second-order valence-electron chi connectivity index (χ2n) is 7.08. The number of hydrogen-bond donors (Lipinski definition) is 0. The van der Waals surface area contributed by atoms with Crippen molar-refractivity contribution in [3.05, 3.63) is 71.3 Å². The Morgan fingerprint density at radius 3 is 1.93 bits per heavy atom. The van der Waals surface area contributed by atoms with Crippen LogP contribution in [0.5, 0.6) is 0 Å². The molecule has 0 saturated carbocycles. The molecule has 0 atom stereocenters. The highest BCUT2D eigenvalue weighted by Gasteiger charge is 2.22. The van der Waals surface area contributed by atoms with Crippen molar-refractivity contribution in [3.8, 4) is 0 Å². The number of halogens is 2. The van der Waals surface area contributed by atoms with Crippen LogP contribution >= 0.6 is 0 Å². The first-order valence-corrected chi connectivity index (χ1v) is 9.38. The monoisotopic (exact) mass is 373 g/mol. The molecule has 1 aliphatic rings. The molecule has 0 N–H and O–H groups in total. The molecule has 0 radical (unpaired) electrons. The molecule has 1 heterocycles. The summed E-state index contributed by atoms with van der Waals surface area (Å²) in [5.74, 6) is -0.137. The van der Waals surface area contributed by atoms with E-state index in [2.05, 4.69) is 4.90 Å². The lowest BCUT2D eigenvalue weighted by molar-refractivity contribution is -0.122. The molecule has 0 spiro atoms. The molecule has 2 aromatic rings. The summed E-state index contributed by atoms with van der Waals surface area (Å²) >= 11 is 0. The van der Waals surface area contributed by atoms with Crippen molar-refractivity contribution in [2.75, 3.05) is 26.2 Å². The molecule has 0 aliphatic carbocycles. The summed E-state index contributed by atoms with van der Waals surface area (Å²) in [4.78, 5) is 13.8. The van der Waals surface area contributed by atoms with Crippen molar-refractivity contribution in [1.29, 1.82) is 0 Å². The number of rotatable bonds is 7. The minimum Gasteiger partial charge on any atom is -0.367 e. The minimum atomic E-state index is -0.374. The third kappa shape index (κ3) is 5.44. The number of piperidine rings is 1. The summed E-state index contributed by atoms with van der Waals surface area (Å²) in [5, 5.41) is 0. The van der Waals surface area contributed by atoms with Crippen molar-refractivity contribution in [2.24, 2.45) is 5.92 Å². The first-order valence-electron chi connectivity index (χ1n) is 9.38. The van der Waals surface area contributed by atoms with E-state index in [-0.39, 0.29) is 29.4 Å². The summed E-state index contributed by atoms with van der Waals surface area (Å²) in [5.41, 5.74) is 1.66. The summed E-state index contributed by atoms with van der Waals surface area (Å²) in [6.45, 7) is 4.73. The smallest absolute Gasteiger partial charge is 0.133 e. The maximum Gasteiger partial charge on any atom is 0.133 e. The quantitative estimate of drug-likeness (QED) is 0.722. The Bertz CT molecular complexity index is 692. The molecule has 0 amide bonds. The second-order valence-corrected chi connectivity index (χ2v) is 7.08. The summed E-state index contributed by atoms with van der Waals surface area (Å²) in [6.07, 6.45) is 1.42. The van der Waals surface area contributed by atoms with Crippen LogP contribution in [0.3, 0.4) is 0 Å². The van der Waals surface area contributed by atoms with E-state index in [1.165, 1.54) is 24.3 Å². The van der Waals surface area contributed by atoms with E-state index in [0.717, 1.165) is 43.6 Å². The zero-order valence-electron chi connectivity index (χ0n) is 15.5. The van der Waals surface area contributed by atoms with E-state index in [1.807, 2.05) is 0 Å². The number of Topliss-reactive ketones (excluding diaryl/α,β-unsaturated/α-hetero) is 1. The van der Waals surface area contributed by atoms with Gasteiger partial charge in [0.15, 0.2) is 0 Å². The highest BCUT2D eigenvalue weighted by molar-refractivity contribution is 5.78. The van der Waals surface area contributed by atoms with Gasteiger partial charge in [-0.2, -0.15) is 0 Å². The number of carbonyl (C=O) groups is 1. The van der Waals surface area contributed by atoms with Gasteiger partial charge < -0.3 is 9.64 Å². The molecule has 0 aromatic heterocycles. The maximum absolute atomic E-state index is 13.3. The molecule has 3 nitrogen and oxygen atoms in total. The fourth-order valence-corrected chi connectivity index (χ4v) is 3.52. The van der Waals surface area contributed by atoms with Crippen LogP contribution in [0.1, 0.15) is 37.0 Å². The van der Waals surface area contributed by atoms with E-state index < -0.39 is 0 Å². The summed E-state index contributed by atoms with van der Waals surface area (Å²) in [7, 11) is 0. The third-order valence-corrected chi connectivity index (χ3v) is 5.20. The van der Waals surface area contributed by atoms with Crippen molar-refractivity contribution in [1.82, 2.24) is 4.90 Å². The minimum absolute atomic E-state index is 0.188. The highest BCUT2D eigenvalue weighted by Crippen LogP contribution is 2.27.